The average molecular weight is 478 g/mol. The number of piperazine rings is 1. The quantitative estimate of drug-likeness (QED) is 0.553. The molecule has 188 valence electrons. The summed E-state index contributed by atoms with van der Waals surface area (Å²) in [4.78, 5) is 30.8. The van der Waals surface area contributed by atoms with Gasteiger partial charge in [0, 0.05) is 37.4 Å². The third kappa shape index (κ3) is 6.43. The van der Waals surface area contributed by atoms with Crippen molar-refractivity contribution in [3.63, 3.8) is 0 Å². The predicted molar refractivity (Wildman–Crippen MR) is 140 cm³/mol. The van der Waals surface area contributed by atoms with Crippen LogP contribution in [0.25, 0.3) is 0 Å². The van der Waals surface area contributed by atoms with E-state index in [1.807, 2.05) is 41.3 Å². The van der Waals surface area contributed by atoms with Gasteiger partial charge in [-0.1, -0.05) is 38.3 Å². The minimum absolute atomic E-state index is 0.0597. The van der Waals surface area contributed by atoms with Crippen molar-refractivity contribution in [2.45, 2.75) is 57.9 Å². The number of aryl methyl sites for hydroxylation is 1. The molecule has 1 saturated carbocycles. The van der Waals surface area contributed by atoms with Crippen molar-refractivity contribution < 1.29 is 14.3 Å². The number of nitrogens with zero attached hydrogens (tertiary/aromatic N) is 2. The van der Waals surface area contributed by atoms with Gasteiger partial charge in [0.1, 0.15) is 5.75 Å². The molecule has 6 heteroatoms. The molecule has 2 aliphatic rings. The summed E-state index contributed by atoms with van der Waals surface area (Å²) >= 11 is 0. The van der Waals surface area contributed by atoms with E-state index in [0.717, 1.165) is 49.4 Å². The van der Waals surface area contributed by atoms with Crippen molar-refractivity contribution in [2.24, 2.45) is 5.92 Å². The molecule has 0 aromatic heterocycles. The molecule has 35 heavy (non-hydrogen) atoms. The van der Waals surface area contributed by atoms with Crippen LogP contribution in [0.15, 0.2) is 48.5 Å². The van der Waals surface area contributed by atoms with E-state index in [2.05, 4.69) is 29.3 Å². The van der Waals surface area contributed by atoms with Gasteiger partial charge in [-0.25, -0.2) is 0 Å². The maximum absolute atomic E-state index is 13.4. The monoisotopic (exact) mass is 477 g/mol. The highest BCUT2D eigenvalue weighted by Gasteiger charge is 2.37. The minimum Gasteiger partial charge on any atom is -0.497 e. The first kappa shape index (κ1) is 25.2. The Balaban J connectivity index is 1.37. The third-order valence-corrected chi connectivity index (χ3v) is 7.49. The number of amides is 2. The Morgan fingerprint density at radius 3 is 2.23 bits per heavy atom. The van der Waals surface area contributed by atoms with E-state index >= 15 is 0 Å². The summed E-state index contributed by atoms with van der Waals surface area (Å²) in [6.07, 6.45) is 7.95. The molecule has 2 amide bonds. The second kappa shape index (κ2) is 12.2. The Labute approximate surface area is 209 Å². The Morgan fingerprint density at radius 2 is 1.63 bits per heavy atom. The number of unbranched alkanes of at least 4 members (excludes halogenated alkanes) is 1. The smallest absolute Gasteiger partial charge is 0.253 e. The Bertz CT molecular complexity index is 960. The van der Waals surface area contributed by atoms with E-state index in [-0.39, 0.29) is 17.9 Å². The lowest BCUT2D eigenvalue weighted by Crippen LogP contribution is -2.56. The first-order chi connectivity index (χ1) is 17.1. The van der Waals surface area contributed by atoms with E-state index in [0.29, 0.717) is 19.0 Å². The van der Waals surface area contributed by atoms with Gasteiger partial charge in [-0.05, 0) is 73.6 Å². The van der Waals surface area contributed by atoms with Crippen LogP contribution in [-0.4, -0.2) is 60.9 Å². The predicted octanol–water partition coefficient (Wildman–Crippen LogP) is 4.99. The lowest BCUT2D eigenvalue weighted by atomic mass is 9.94. The zero-order valence-electron chi connectivity index (χ0n) is 21.2. The van der Waals surface area contributed by atoms with Crippen molar-refractivity contribution in [1.82, 2.24) is 9.80 Å². The van der Waals surface area contributed by atoms with Gasteiger partial charge >= 0.3 is 0 Å². The van der Waals surface area contributed by atoms with Crippen molar-refractivity contribution in [3.05, 3.63) is 59.7 Å². The van der Waals surface area contributed by atoms with Crippen LogP contribution < -0.4 is 10.1 Å². The van der Waals surface area contributed by atoms with Crippen LogP contribution in [0.5, 0.6) is 5.75 Å². The number of carbonyl (C=O) groups excluding carboxylic acids is 2. The fraction of sp³-hybridized carbons (Fsp3) is 0.517. The fourth-order valence-corrected chi connectivity index (χ4v) is 5.42. The largest absolute Gasteiger partial charge is 0.497 e. The van der Waals surface area contributed by atoms with E-state index in [4.69, 9.17) is 4.74 Å². The van der Waals surface area contributed by atoms with Crippen LogP contribution >= 0.6 is 0 Å². The number of hydrogen-bond acceptors (Lipinski definition) is 4. The number of anilines is 1. The molecule has 0 bridgehead atoms. The molecule has 1 saturated heterocycles. The van der Waals surface area contributed by atoms with Gasteiger partial charge in [0.15, 0.2) is 0 Å². The standard InChI is InChI=1S/C29H39N3O3/c1-3-4-7-22-10-12-24(13-11-22)29(34)32-20-18-31(19-21-32)27(23-8-5-6-9-23)28(33)30-25-14-16-26(35-2)17-15-25/h10-17,23,27H,3-9,18-21H2,1-2H3,(H,30,33). The number of hydrogen-bond donors (Lipinski definition) is 1. The highest BCUT2D eigenvalue weighted by atomic mass is 16.5. The zero-order valence-corrected chi connectivity index (χ0v) is 21.2. The molecule has 2 aromatic carbocycles. The molecule has 0 spiro atoms. The van der Waals surface area contributed by atoms with E-state index in [1.165, 1.54) is 31.2 Å². The molecule has 0 radical (unpaired) electrons. The topological polar surface area (TPSA) is 61.9 Å². The highest BCUT2D eigenvalue weighted by Crippen LogP contribution is 2.32. The Kier molecular flexibility index (Phi) is 8.80. The lowest BCUT2D eigenvalue weighted by molar-refractivity contribution is -0.123. The van der Waals surface area contributed by atoms with Crippen LogP contribution in [0.3, 0.4) is 0 Å². The minimum atomic E-state index is -0.158. The Morgan fingerprint density at radius 1 is 0.971 bits per heavy atom. The zero-order chi connectivity index (χ0) is 24.6. The molecule has 6 nitrogen and oxygen atoms in total. The summed E-state index contributed by atoms with van der Waals surface area (Å²) in [5, 5.41) is 3.13. The Hall–Kier alpha value is -2.86. The van der Waals surface area contributed by atoms with E-state index < -0.39 is 0 Å². The molecular weight excluding hydrogens is 438 g/mol. The summed E-state index contributed by atoms with van der Waals surface area (Å²) in [5.41, 5.74) is 2.83. The molecular formula is C29H39N3O3. The first-order valence-corrected chi connectivity index (χ1v) is 13.2. The maximum atomic E-state index is 13.4. The van der Waals surface area contributed by atoms with Crippen molar-refractivity contribution in [1.29, 1.82) is 0 Å². The van der Waals surface area contributed by atoms with Crippen molar-refractivity contribution in [3.8, 4) is 5.75 Å². The second-order valence-corrected chi connectivity index (χ2v) is 9.84. The molecule has 1 unspecified atom stereocenters. The van der Waals surface area contributed by atoms with Crippen LogP contribution in [-0.2, 0) is 11.2 Å². The van der Waals surface area contributed by atoms with Crippen LogP contribution in [0, 0.1) is 5.92 Å². The highest BCUT2D eigenvalue weighted by molar-refractivity contribution is 5.95. The number of nitrogens with one attached hydrogen (secondary N) is 1. The molecule has 2 fully saturated rings. The van der Waals surface area contributed by atoms with Crippen molar-refractivity contribution >= 4 is 17.5 Å². The first-order valence-electron chi connectivity index (χ1n) is 13.2. The number of ether oxygens (including phenoxy) is 1. The van der Waals surface area contributed by atoms with Gasteiger partial charge in [0.2, 0.25) is 5.91 Å². The molecule has 1 N–H and O–H groups in total. The normalized spacial score (nSPS) is 17.8. The van der Waals surface area contributed by atoms with Gasteiger partial charge in [-0.15, -0.1) is 0 Å². The number of rotatable bonds is 9. The summed E-state index contributed by atoms with van der Waals surface area (Å²) < 4.78 is 5.23. The van der Waals surface area contributed by atoms with Crippen LogP contribution in [0.1, 0.15) is 61.4 Å². The van der Waals surface area contributed by atoms with Crippen molar-refractivity contribution in [2.75, 3.05) is 38.6 Å². The summed E-state index contributed by atoms with van der Waals surface area (Å²) in [5.74, 6) is 1.29. The molecule has 4 rings (SSSR count). The van der Waals surface area contributed by atoms with Gasteiger partial charge in [-0.3, -0.25) is 14.5 Å². The van der Waals surface area contributed by atoms with E-state index in [9.17, 15) is 9.59 Å². The van der Waals surface area contributed by atoms with Gasteiger partial charge in [0.25, 0.3) is 5.91 Å². The van der Waals surface area contributed by atoms with Crippen LogP contribution in [0.4, 0.5) is 5.69 Å². The number of benzene rings is 2. The third-order valence-electron chi connectivity index (χ3n) is 7.49. The molecule has 2 aromatic rings. The second-order valence-electron chi connectivity index (χ2n) is 9.84. The van der Waals surface area contributed by atoms with E-state index in [1.54, 1.807) is 7.11 Å². The number of methoxy groups -OCH3 is 1. The van der Waals surface area contributed by atoms with Crippen LogP contribution in [0.2, 0.25) is 0 Å². The van der Waals surface area contributed by atoms with Gasteiger partial charge < -0.3 is 15.0 Å². The summed E-state index contributed by atoms with van der Waals surface area (Å²) in [6.45, 7) is 4.93. The molecule has 1 aliphatic carbocycles. The van der Waals surface area contributed by atoms with Gasteiger partial charge in [-0.2, -0.15) is 0 Å². The molecule has 1 aliphatic heterocycles. The SMILES string of the molecule is CCCCc1ccc(C(=O)N2CCN(C(C(=O)Nc3ccc(OC)cc3)C3CCCC3)CC2)cc1. The lowest BCUT2D eigenvalue weighted by Gasteiger charge is -2.40. The fourth-order valence-electron chi connectivity index (χ4n) is 5.42. The number of carbonyl (C=O) groups is 2. The summed E-state index contributed by atoms with van der Waals surface area (Å²) in [6, 6.07) is 15.4. The van der Waals surface area contributed by atoms with Gasteiger partial charge in [0.05, 0.1) is 13.2 Å². The molecule has 1 atom stereocenters. The maximum Gasteiger partial charge on any atom is 0.253 e. The summed E-state index contributed by atoms with van der Waals surface area (Å²) in [7, 11) is 1.64. The molecule has 1 heterocycles. The average Bonchev–Trinajstić information content (AvgIpc) is 3.43.